The third-order valence-corrected chi connectivity index (χ3v) is 7.49. The number of rotatable bonds is 7. The van der Waals surface area contributed by atoms with Crippen LogP contribution in [0.25, 0.3) is 0 Å². The highest BCUT2D eigenvalue weighted by Crippen LogP contribution is 2.31. The summed E-state index contributed by atoms with van der Waals surface area (Å²) in [6.45, 7) is 3.05. The second-order valence-corrected chi connectivity index (χ2v) is 9.54. The van der Waals surface area contributed by atoms with Crippen molar-refractivity contribution in [3.05, 3.63) is 18.2 Å². The Kier molecular flexibility index (Phi) is 6.84. The summed E-state index contributed by atoms with van der Waals surface area (Å²) >= 11 is 1.46. The zero-order valence-electron chi connectivity index (χ0n) is 15.8. The van der Waals surface area contributed by atoms with Crippen molar-refractivity contribution >= 4 is 39.3 Å². The molecule has 0 atom stereocenters. The van der Waals surface area contributed by atoms with Crippen LogP contribution < -0.4 is 10.1 Å². The van der Waals surface area contributed by atoms with Crippen LogP contribution in [0.1, 0.15) is 26.2 Å². The van der Waals surface area contributed by atoms with Crippen molar-refractivity contribution < 1.29 is 22.7 Å². The van der Waals surface area contributed by atoms with Crippen LogP contribution in [0.3, 0.4) is 0 Å². The first-order valence-corrected chi connectivity index (χ1v) is 11.9. The molecule has 154 valence electrons. The van der Waals surface area contributed by atoms with Gasteiger partial charge in [-0.2, -0.15) is 4.31 Å². The molecule has 0 radical (unpaired) electrons. The lowest BCUT2D eigenvalue weighted by atomic mass is 10.2. The minimum absolute atomic E-state index is 0.0484. The molecule has 2 aliphatic rings. The number of carbonyl (C=O) groups is 2. The average Bonchev–Trinajstić information content (AvgIpc) is 3.08. The lowest BCUT2D eigenvalue weighted by Gasteiger charge is -2.27. The van der Waals surface area contributed by atoms with Crippen LogP contribution in [0.4, 0.5) is 5.69 Å². The summed E-state index contributed by atoms with van der Waals surface area (Å²) in [4.78, 5) is 25.5. The van der Waals surface area contributed by atoms with Gasteiger partial charge < -0.3 is 15.0 Å². The maximum Gasteiger partial charge on any atom is 0.246 e. The molecule has 0 unspecified atom stereocenters. The molecule has 10 heteroatoms. The van der Waals surface area contributed by atoms with Crippen LogP contribution in [-0.4, -0.2) is 67.3 Å². The van der Waals surface area contributed by atoms with Gasteiger partial charge in [0.05, 0.1) is 18.2 Å². The Bertz CT molecular complexity index is 838. The molecule has 2 fully saturated rings. The van der Waals surface area contributed by atoms with Gasteiger partial charge in [-0.3, -0.25) is 9.59 Å². The normalized spacial score (nSPS) is 18.3. The topological polar surface area (TPSA) is 96.0 Å². The largest absolute Gasteiger partial charge is 0.492 e. The van der Waals surface area contributed by atoms with Gasteiger partial charge in [0.1, 0.15) is 17.2 Å². The van der Waals surface area contributed by atoms with E-state index in [0.717, 1.165) is 19.3 Å². The molecule has 0 aromatic heterocycles. The van der Waals surface area contributed by atoms with Gasteiger partial charge >= 0.3 is 0 Å². The number of hydrogen-bond acceptors (Lipinski definition) is 6. The van der Waals surface area contributed by atoms with Crippen molar-refractivity contribution in [2.24, 2.45) is 0 Å². The van der Waals surface area contributed by atoms with E-state index >= 15 is 0 Å². The molecule has 0 bridgehead atoms. The lowest BCUT2D eigenvalue weighted by Crippen LogP contribution is -2.36. The van der Waals surface area contributed by atoms with Crippen molar-refractivity contribution in [3.8, 4) is 5.75 Å². The quantitative estimate of drug-likeness (QED) is 0.712. The first-order chi connectivity index (χ1) is 13.4. The van der Waals surface area contributed by atoms with E-state index in [4.69, 9.17) is 4.74 Å². The number of anilines is 1. The van der Waals surface area contributed by atoms with E-state index in [1.807, 2.05) is 0 Å². The van der Waals surface area contributed by atoms with Gasteiger partial charge in [-0.1, -0.05) is 6.42 Å². The molecule has 2 heterocycles. The first-order valence-electron chi connectivity index (χ1n) is 9.34. The number of sulfonamides is 1. The molecule has 3 rings (SSSR count). The summed E-state index contributed by atoms with van der Waals surface area (Å²) in [5, 5.41) is 2.69. The van der Waals surface area contributed by atoms with E-state index in [1.165, 1.54) is 27.0 Å². The summed E-state index contributed by atoms with van der Waals surface area (Å²) in [6.07, 6.45) is 2.69. The van der Waals surface area contributed by atoms with E-state index in [-0.39, 0.29) is 29.0 Å². The van der Waals surface area contributed by atoms with Crippen molar-refractivity contribution in [2.45, 2.75) is 31.1 Å². The number of hydrogen-bond donors (Lipinski definition) is 1. The molecule has 1 aromatic rings. The molecular weight excluding hydrogens is 402 g/mol. The SMILES string of the molecule is CCOc1ccc(NC(=O)CN2CSCC2=O)cc1S(=O)(=O)N1CCCCC1. The average molecular weight is 428 g/mol. The van der Waals surface area contributed by atoms with Crippen LogP contribution in [-0.2, 0) is 19.6 Å². The fraction of sp³-hybridized carbons (Fsp3) is 0.556. The van der Waals surface area contributed by atoms with Gasteiger partial charge in [-0.15, -0.1) is 11.8 Å². The molecule has 2 amide bonds. The summed E-state index contributed by atoms with van der Waals surface area (Å²) < 4.78 is 33.2. The molecule has 2 aliphatic heterocycles. The maximum atomic E-state index is 13.1. The number of benzene rings is 1. The fourth-order valence-electron chi connectivity index (χ4n) is 3.22. The molecule has 28 heavy (non-hydrogen) atoms. The maximum absolute atomic E-state index is 13.1. The Morgan fingerprint density at radius 3 is 2.64 bits per heavy atom. The molecule has 0 aliphatic carbocycles. The van der Waals surface area contributed by atoms with Crippen LogP contribution in [0, 0.1) is 0 Å². The standard InChI is InChI=1S/C18H25N3O5S2/c1-2-26-15-7-6-14(19-17(22)11-20-13-27-12-18(20)23)10-16(15)28(24,25)21-8-4-3-5-9-21/h6-7,10H,2-5,8-9,11-13H2,1H3,(H,19,22). The van der Waals surface area contributed by atoms with Crippen LogP contribution >= 0.6 is 11.8 Å². The van der Waals surface area contributed by atoms with Crippen molar-refractivity contribution in [1.29, 1.82) is 0 Å². The monoisotopic (exact) mass is 427 g/mol. The smallest absolute Gasteiger partial charge is 0.246 e. The van der Waals surface area contributed by atoms with Crippen LogP contribution in [0.15, 0.2) is 23.1 Å². The van der Waals surface area contributed by atoms with Gasteiger partial charge in [0, 0.05) is 18.8 Å². The summed E-state index contributed by atoms with van der Waals surface area (Å²) in [6, 6.07) is 4.61. The third-order valence-electron chi connectivity index (χ3n) is 4.62. The minimum Gasteiger partial charge on any atom is -0.492 e. The highest BCUT2D eigenvalue weighted by Gasteiger charge is 2.30. The van der Waals surface area contributed by atoms with E-state index in [0.29, 0.717) is 37.0 Å². The van der Waals surface area contributed by atoms with E-state index < -0.39 is 10.0 Å². The highest BCUT2D eigenvalue weighted by atomic mass is 32.2. The number of ether oxygens (including phenoxy) is 1. The lowest BCUT2D eigenvalue weighted by molar-refractivity contribution is -0.130. The third kappa shape index (κ3) is 4.79. The number of thioether (sulfide) groups is 1. The second-order valence-electron chi connectivity index (χ2n) is 6.68. The zero-order chi connectivity index (χ0) is 20.1. The summed E-state index contributed by atoms with van der Waals surface area (Å²) in [5.41, 5.74) is 0.364. The Labute approximate surface area is 169 Å². The molecule has 1 aromatic carbocycles. The molecular formula is C18H25N3O5S2. The number of piperidine rings is 1. The van der Waals surface area contributed by atoms with Gasteiger partial charge in [0.15, 0.2) is 0 Å². The van der Waals surface area contributed by atoms with Crippen molar-refractivity contribution in [3.63, 3.8) is 0 Å². The molecule has 8 nitrogen and oxygen atoms in total. The Morgan fingerprint density at radius 1 is 1.25 bits per heavy atom. The number of carbonyl (C=O) groups excluding carboxylic acids is 2. The summed E-state index contributed by atoms with van der Waals surface area (Å²) in [7, 11) is -3.72. The fourth-order valence-corrected chi connectivity index (χ4v) is 5.80. The Morgan fingerprint density at radius 2 is 2.00 bits per heavy atom. The summed E-state index contributed by atoms with van der Waals surface area (Å²) in [5.74, 6) is 0.720. The van der Waals surface area contributed by atoms with E-state index in [1.54, 1.807) is 19.1 Å². The van der Waals surface area contributed by atoms with Crippen molar-refractivity contribution in [2.75, 3.05) is 43.2 Å². The second kappa shape index (κ2) is 9.15. The number of nitrogens with one attached hydrogen (secondary N) is 1. The Balaban J connectivity index is 1.80. The number of amides is 2. The first kappa shape index (κ1) is 20.9. The van der Waals surface area contributed by atoms with Gasteiger partial charge in [-0.25, -0.2) is 8.42 Å². The predicted octanol–water partition coefficient (Wildman–Crippen LogP) is 1.73. The van der Waals surface area contributed by atoms with Gasteiger partial charge in [0.25, 0.3) is 0 Å². The van der Waals surface area contributed by atoms with Gasteiger partial charge in [-0.05, 0) is 38.0 Å². The molecule has 0 spiro atoms. The zero-order valence-corrected chi connectivity index (χ0v) is 17.5. The predicted molar refractivity (Wildman–Crippen MR) is 108 cm³/mol. The van der Waals surface area contributed by atoms with E-state index in [9.17, 15) is 18.0 Å². The van der Waals surface area contributed by atoms with Gasteiger partial charge in [0.2, 0.25) is 21.8 Å². The number of nitrogens with zero attached hydrogens (tertiary/aromatic N) is 2. The van der Waals surface area contributed by atoms with Crippen LogP contribution in [0.2, 0.25) is 0 Å². The van der Waals surface area contributed by atoms with Crippen LogP contribution in [0.5, 0.6) is 5.75 Å². The molecule has 2 saturated heterocycles. The minimum atomic E-state index is -3.72. The van der Waals surface area contributed by atoms with Crippen molar-refractivity contribution in [1.82, 2.24) is 9.21 Å². The van der Waals surface area contributed by atoms with E-state index in [2.05, 4.69) is 5.32 Å². The Hall–Kier alpha value is -1.78. The highest BCUT2D eigenvalue weighted by molar-refractivity contribution is 8.00. The molecule has 0 saturated carbocycles. The molecule has 1 N–H and O–H groups in total.